The van der Waals surface area contributed by atoms with Crippen molar-refractivity contribution in [3.8, 4) is 5.75 Å². The molecular formula is C13H14ClN3O3. The van der Waals surface area contributed by atoms with Crippen molar-refractivity contribution in [3.63, 3.8) is 0 Å². The Morgan fingerprint density at radius 2 is 2.20 bits per heavy atom. The van der Waals surface area contributed by atoms with Crippen molar-refractivity contribution in [1.29, 1.82) is 0 Å². The third kappa shape index (κ3) is 3.27. The van der Waals surface area contributed by atoms with E-state index in [4.69, 9.17) is 16.3 Å². The minimum atomic E-state index is -0.675. The maximum Gasteiger partial charge on any atom is 0.266 e. The van der Waals surface area contributed by atoms with Gasteiger partial charge in [0.25, 0.3) is 5.91 Å². The number of carbonyl (C=O) groups excluding carboxylic acids is 1. The predicted octanol–water partition coefficient (Wildman–Crippen LogP) is 2.83. The summed E-state index contributed by atoms with van der Waals surface area (Å²) < 4.78 is 10.1. The average Bonchev–Trinajstić information content (AvgIpc) is 2.83. The molecule has 6 nitrogen and oxygen atoms in total. The first-order valence-corrected chi connectivity index (χ1v) is 6.50. The fourth-order valence-corrected chi connectivity index (χ4v) is 1.74. The topological polar surface area (TPSA) is 77.2 Å². The van der Waals surface area contributed by atoms with Crippen molar-refractivity contribution in [1.82, 2.24) is 10.3 Å². The number of aromatic nitrogens is 2. The van der Waals surface area contributed by atoms with E-state index in [9.17, 15) is 4.79 Å². The lowest BCUT2D eigenvalue weighted by molar-refractivity contribution is -0.122. The van der Waals surface area contributed by atoms with Crippen molar-refractivity contribution in [2.45, 2.75) is 26.4 Å². The van der Waals surface area contributed by atoms with Crippen LogP contribution in [0, 0.1) is 6.92 Å². The molecule has 1 N–H and O–H groups in total. The predicted molar refractivity (Wildman–Crippen MR) is 73.8 cm³/mol. The van der Waals surface area contributed by atoms with E-state index in [1.807, 2.05) is 6.92 Å². The van der Waals surface area contributed by atoms with Crippen LogP contribution in [-0.2, 0) is 4.79 Å². The van der Waals surface area contributed by atoms with Crippen LogP contribution < -0.4 is 10.1 Å². The number of nitrogens with zero attached hydrogens (tertiary/aromatic N) is 2. The molecule has 0 bridgehead atoms. The van der Waals surface area contributed by atoms with Gasteiger partial charge >= 0.3 is 0 Å². The van der Waals surface area contributed by atoms with Gasteiger partial charge in [0.05, 0.1) is 5.02 Å². The summed E-state index contributed by atoms with van der Waals surface area (Å²) in [6, 6.07) is 6.99. The van der Waals surface area contributed by atoms with E-state index in [0.717, 1.165) is 0 Å². The van der Waals surface area contributed by atoms with Crippen LogP contribution >= 0.6 is 11.6 Å². The molecule has 0 spiro atoms. The number of carbonyl (C=O) groups is 1. The van der Waals surface area contributed by atoms with Gasteiger partial charge in [-0.1, -0.05) is 35.8 Å². The minimum absolute atomic E-state index is 0.288. The molecule has 0 unspecified atom stereocenters. The smallest absolute Gasteiger partial charge is 0.266 e. The lowest BCUT2D eigenvalue weighted by Gasteiger charge is -2.17. The number of nitrogens with one attached hydrogen (secondary N) is 1. The Hall–Kier alpha value is -2.08. The molecule has 7 heteroatoms. The Balaban J connectivity index is 2.07. The van der Waals surface area contributed by atoms with Gasteiger partial charge in [-0.25, -0.2) is 4.63 Å². The number of amides is 1. The summed E-state index contributed by atoms with van der Waals surface area (Å²) in [4.78, 5) is 12.1. The van der Waals surface area contributed by atoms with E-state index in [-0.39, 0.29) is 11.7 Å². The molecule has 20 heavy (non-hydrogen) atoms. The second-order valence-corrected chi connectivity index (χ2v) is 4.54. The minimum Gasteiger partial charge on any atom is -0.479 e. The number of halogens is 1. The number of benzene rings is 1. The normalized spacial score (nSPS) is 11.9. The van der Waals surface area contributed by atoms with Crippen LogP contribution in [0.4, 0.5) is 5.82 Å². The first-order chi connectivity index (χ1) is 9.61. The molecule has 0 radical (unpaired) electrons. The first kappa shape index (κ1) is 14.3. The fourth-order valence-electron chi connectivity index (χ4n) is 1.56. The van der Waals surface area contributed by atoms with Crippen molar-refractivity contribution in [3.05, 3.63) is 35.0 Å². The lowest BCUT2D eigenvalue weighted by Crippen LogP contribution is -2.32. The van der Waals surface area contributed by atoms with Crippen molar-refractivity contribution >= 4 is 23.3 Å². The molecule has 0 saturated heterocycles. The zero-order chi connectivity index (χ0) is 14.5. The van der Waals surface area contributed by atoms with Gasteiger partial charge in [-0.3, -0.25) is 4.79 Å². The summed E-state index contributed by atoms with van der Waals surface area (Å²) in [5.74, 6) is 0.425. The van der Waals surface area contributed by atoms with Crippen LogP contribution in [0.3, 0.4) is 0 Å². The molecule has 1 amide bonds. The molecule has 1 heterocycles. The maximum absolute atomic E-state index is 12.1. The van der Waals surface area contributed by atoms with Crippen molar-refractivity contribution < 1.29 is 14.2 Å². The Kier molecular flexibility index (Phi) is 4.57. The second-order valence-electron chi connectivity index (χ2n) is 4.13. The standard InChI is InChI=1S/C13H14ClN3O3/c1-3-10(19-11-7-5-4-6-9(11)14)13(18)15-12-8(2)16-20-17-12/h4-7,10H,3H2,1-2H3,(H,15,17,18)/t10-/m0/s1. The Morgan fingerprint density at radius 1 is 1.45 bits per heavy atom. The quantitative estimate of drug-likeness (QED) is 0.917. The summed E-state index contributed by atoms with van der Waals surface area (Å²) in [5, 5.41) is 10.3. The molecule has 0 aliphatic rings. The number of hydrogen-bond donors (Lipinski definition) is 1. The fraction of sp³-hybridized carbons (Fsp3) is 0.308. The Labute approximate surface area is 121 Å². The van der Waals surface area contributed by atoms with Crippen molar-refractivity contribution in [2.75, 3.05) is 5.32 Å². The maximum atomic E-state index is 12.1. The van der Waals surface area contributed by atoms with Gasteiger partial charge < -0.3 is 10.1 Å². The zero-order valence-electron chi connectivity index (χ0n) is 11.1. The molecule has 1 atom stereocenters. The third-order valence-electron chi connectivity index (χ3n) is 2.66. The average molecular weight is 296 g/mol. The van der Waals surface area contributed by atoms with Gasteiger partial charge in [-0.2, -0.15) is 0 Å². The number of para-hydroxylation sites is 1. The van der Waals surface area contributed by atoms with Gasteiger partial charge in [0.1, 0.15) is 11.4 Å². The highest BCUT2D eigenvalue weighted by molar-refractivity contribution is 6.32. The molecule has 0 aliphatic carbocycles. The van der Waals surface area contributed by atoms with E-state index in [1.165, 1.54) is 0 Å². The molecule has 0 aliphatic heterocycles. The van der Waals surface area contributed by atoms with Gasteiger partial charge in [0.2, 0.25) is 0 Å². The van der Waals surface area contributed by atoms with E-state index in [2.05, 4.69) is 20.3 Å². The first-order valence-electron chi connectivity index (χ1n) is 6.13. The monoisotopic (exact) mass is 295 g/mol. The Morgan fingerprint density at radius 3 is 2.80 bits per heavy atom. The molecule has 0 saturated carbocycles. The van der Waals surface area contributed by atoms with Crippen LogP contribution in [0.15, 0.2) is 28.9 Å². The zero-order valence-corrected chi connectivity index (χ0v) is 11.8. The van der Waals surface area contributed by atoms with Crippen LogP contribution in [0.1, 0.15) is 19.0 Å². The number of anilines is 1. The summed E-state index contributed by atoms with van der Waals surface area (Å²) >= 11 is 6.00. The highest BCUT2D eigenvalue weighted by Gasteiger charge is 2.21. The molecule has 2 aromatic rings. The van der Waals surface area contributed by atoms with Gasteiger partial charge in [0, 0.05) is 0 Å². The number of aryl methyl sites for hydroxylation is 1. The van der Waals surface area contributed by atoms with Crippen LogP contribution in [0.5, 0.6) is 5.75 Å². The van der Waals surface area contributed by atoms with E-state index in [0.29, 0.717) is 22.9 Å². The summed E-state index contributed by atoms with van der Waals surface area (Å²) in [5.41, 5.74) is 0.506. The lowest BCUT2D eigenvalue weighted by atomic mass is 10.2. The van der Waals surface area contributed by atoms with Crippen molar-refractivity contribution in [2.24, 2.45) is 0 Å². The van der Waals surface area contributed by atoms with E-state index < -0.39 is 6.10 Å². The molecule has 2 rings (SSSR count). The van der Waals surface area contributed by atoms with Crippen LogP contribution in [-0.4, -0.2) is 22.3 Å². The number of ether oxygens (including phenoxy) is 1. The van der Waals surface area contributed by atoms with Gasteiger partial charge in [0.15, 0.2) is 11.9 Å². The molecule has 0 fully saturated rings. The molecule has 106 valence electrons. The summed E-state index contributed by atoms with van der Waals surface area (Å²) in [6.07, 6.45) is -0.188. The Bertz CT molecular complexity index is 600. The van der Waals surface area contributed by atoms with Crippen LogP contribution in [0.2, 0.25) is 5.02 Å². The van der Waals surface area contributed by atoms with E-state index in [1.54, 1.807) is 31.2 Å². The second kappa shape index (κ2) is 6.38. The third-order valence-corrected chi connectivity index (χ3v) is 2.98. The SMILES string of the molecule is CC[C@H](Oc1ccccc1Cl)C(=O)Nc1nonc1C. The van der Waals surface area contributed by atoms with Crippen LogP contribution in [0.25, 0.3) is 0 Å². The highest BCUT2D eigenvalue weighted by atomic mass is 35.5. The number of rotatable bonds is 5. The molecule has 1 aromatic carbocycles. The summed E-state index contributed by atoms with van der Waals surface area (Å²) in [7, 11) is 0. The van der Waals surface area contributed by atoms with Gasteiger partial charge in [-0.15, -0.1) is 0 Å². The summed E-state index contributed by atoms with van der Waals surface area (Å²) in [6.45, 7) is 3.52. The molecule has 1 aromatic heterocycles. The largest absolute Gasteiger partial charge is 0.479 e. The number of hydrogen-bond acceptors (Lipinski definition) is 5. The van der Waals surface area contributed by atoms with Gasteiger partial charge in [-0.05, 0) is 30.6 Å². The van der Waals surface area contributed by atoms with E-state index >= 15 is 0 Å². The highest BCUT2D eigenvalue weighted by Crippen LogP contribution is 2.25. The molecular weight excluding hydrogens is 282 g/mol.